The van der Waals surface area contributed by atoms with Gasteiger partial charge in [0.2, 0.25) is 11.8 Å². The Kier molecular flexibility index (Phi) is 7.06. The number of aromatic nitrogens is 2. The van der Waals surface area contributed by atoms with Crippen molar-refractivity contribution >= 4 is 40.8 Å². The molecule has 2 aromatic carbocycles. The highest BCUT2D eigenvalue weighted by Crippen LogP contribution is 2.51. The van der Waals surface area contributed by atoms with Crippen LogP contribution in [0.25, 0.3) is 5.57 Å². The summed E-state index contributed by atoms with van der Waals surface area (Å²) in [6.45, 7) is 3.81. The molecule has 0 unspecified atom stereocenters. The lowest BCUT2D eigenvalue weighted by atomic mass is 9.79. The van der Waals surface area contributed by atoms with Gasteiger partial charge < -0.3 is 15.4 Å². The summed E-state index contributed by atoms with van der Waals surface area (Å²) in [4.78, 5) is 62.3. The fraction of sp³-hybridized carbons (Fsp3) is 0.200. The van der Waals surface area contributed by atoms with Crippen LogP contribution in [0.4, 0.5) is 11.6 Å². The van der Waals surface area contributed by atoms with E-state index in [1.54, 1.807) is 48.5 Å². The zero-order valence-electron chi connectivity index (χ0n) is 24.6. The first-order chi connectivity index (χ1) is 21.7. The number of benzene rings is 2. The van der Waals surface area contributed by atoms with Gasteiger partial charge >= 0.3 is 0 Å². The molecule has 4 atom stereocenters. The number of nitrogens with one attached hydrogen (secondary N) is 2. The molecule has 5 heterocycles. The first-order valence-electron chi connectivity index (χ1n) is 14.7. The number of ether oxygens (including phenoxy) is 1. The summed E-state index contributed by atoms with van der Waals surface area (Å²) in [6, 6.07) is 24.7. The number of amides is 4. The molecule has 224 valence electrons. The molecular weight excluding hydrogens is 570 g/mol. The number of nitrogens with zero attached hydrogens (tertiary/aromatic N) is 3. The minimum Gasteiger partial charge on any atom is -0.364 e. The Hall–Kier alpha value is -5.48. The predicted molar refractivity (Wildman–Crippen MR) is 166 cm³/mol. The monoisotopic (exact) mass is 599 g/mol. The third-order valence-electron chi connectivity index (χ3n) is 8.42. The van der Waals surface area contributed by atoms with Gasteiger partial charge in [-0.2, -0.15) is 0 Å². The normalized spacial score (nSPS) is 21.5. The van der Waals surface area contributed by atoms with E-state index in [9.17, 15) is 19.2 Å². The maximum atomic E-state index is 13.6. The fourth-order valence-corrected chi connectivity index (χ4v) is 6.24. The molecule has 2 bridgehead atoms. The highest BCUT2D eigenvalue weighted by Gasteiger charge is 2.62. The molecular formula is C35H29N5O5. The number of hydrogen-bond donors (Lipinski definition) is 2. The molecule has 0 spiro atoms. The van der Waals surface area contributed by atoms with E-state index in [0.717, 1.165) is 28.1 Å². The topological polar surface area (TPSA) is 131 Å². The van der Waals surface area contributed by atoms with Crippen molar-refractivity contribution in [1.29, 1.82) is 0 Å². The van der Waals surface area contributed by atoms with Gasteiger partial charge in [-0.3, -0.25) is 24.1 Å². The number of anilines is 2. The molecule has 4 amide bonds. The van der Waals surface area contributed by atoms with Gasteiger partial charge in [-0.25, -0.2) is 9.97 Å². The minimum absolute atomic E-state index is 0.111. The van der Waals surface area contributed by atoms with Crippen LogP contribution < -0.4 is 10.6 Å². The van der Waals surface area contributed by atoms with Gasteiger partial charge in [0.05, 0.1) is 30.6 Å². The highest BCUT2D eigenvalue weighted by atomic mass is 16.5. The van der Waals surface area contributed by atoms with Crippen molar-refractivity contribution in [2.24, 2.45) is 11.8 Å². The number of fused-ring (bicyclic) bond motifs is 5. The van der Waals surface area contributed by atoms with Crippen LogP contribution in [-0.4, -0.2) is 50.7 Å². The smallest absolute Gasteiger partial charge is 0.256 e. The van der Waals surface area contributed by atoms with Gasteiger partial charge in [-0.15, -0.1) is 0 Å². The van der Waals surface area contributed by atoms with E-state index in [-0.39, 0.29) is 30.2 Å². The number of rotatable bonds is 7. The van der Waals surface area contributed by atoms with Gasteiger partial charge in [-0.05, 0) is 85.2 Å². The van der Waals surface area contributed by atoms with Crippen LogP contribution >= 0.6 is 0 Å². The zero-order chi connectivity index (χ0) is 31.2. The maximum Gasteiger partial charge on any atom is 0.256 e. The summed E-state index contributed by atoms with van der Waals surface area (Å²) < 4.78 is 6.11. The number of hydrogen-bond acceptors (Lipinski definition) is 7. The summed E-state index contributed by atoms with van der Waals surface area (Å²) in [6.07, 6.45) is 0.884. The Morgan fingerprint density at radius 1 is 0.733 bits per heavy atom. The first kappa shape index (κ1) is 28.3. The number of pyridine rings is 2. The molecule has 7 rings (SSSR count). The summed E-state index contributed by atoms with van der Waals surface area (Å²) in [5.41, 5.74) is 4.92. The average Bonchev–Trinajstić information content (AvgIpc) is 3.69. The van der Waals surface area contributed by atoms with E-state index in [1.165, 1.54) is 4.90 Å². The van der Waals surface area contributed by atoms with E-state index in [2.05, 4.69) is 20.6 Å². The van der Waals surface area contributed by atoms with Crippen LogP contribution in [0.1, 0.15) is 43.2 Å². The Bertz CT molecular complexity index is 1890. The van der Waals surface area contributed by atoms with E-state index < -0.39 is 24.0 Å². The highest BCUT2D eigenvalue weighted by molar-refractivity contribution is 6.08. The lowest BCUT2D eigenvalue weighted by molar-refractivity contribution is -0.143. The van der Waals surface area contributed by atoms with Gasteiger partial charge in [0.25, 0.3) is 11.8 Å². The van der Waals surface area contributed by atoms with Crippen molar-refractivity contribution in [3.8, 4) is 0 Å². The number of imide groups is 1. The lowest BCUT2D eigenvalue weighted by Crippen LogP contribution is -2.34. The Labute approximate surface area is 259 Å². The van der Waals surface area contributed by atoms with Crippen molar-refractivity contribution in [2.45, 2.75) is 32.6 Å². The summed E-state index contributed by atoms with van der Waals surface area (Å²) in [5, 5.41) is 5.58. The number of carbonyl (C=O) groups is 4. The summed E-state index contributed by atoms with van der Waals surface area (Å²) in [7, 11) is 0. The van der Waals surface area contributed by atoms with Crippen molar-refractivity contribution in [3.05, 3.63) is 125 Å². The van der Waals surface area contributed by atoms with Crippen molar-refractivity contribution < 1.29 is 23.9 Å². The largest absolute Gasteiger partial charge is 0.364 e. The summed E-state index contributed by atoms with van der Waals surface area (Å²) >= 11 is 0. The number of likely N-dealkylation sites (tertiary alicyclic amines) is 1. The van der Waals surface area contributed by atoms with E-state index in [0.29, 0.717) is 22.8 Å². The Balaban J connectivity index is 1.01. The molecule has 2 N–H and O–H groups in total. The van der Waals surface area contributed by atoms with E-state index >= 15 is 0 Å². The second-order valence-corrected chi connectivity index (χ2v) is 11.5. The van der Waals surface area contributed by atoms with Crippen LogP contribution in [0.2, 0.25) is 0 Å². The van der Waals surface area contributed by atoms with Crippen molar-refractivity contribution in [3.63, 3.8) is 0 Å². The molecule has 0 radical (unpaired) electrons. The lowest BCUT2D eigenvalue weighted by Gasteiger charge is -2.20. The molecule has 10 heteroatoms. The average molecular weight is 600 g/mol. The van der Waals surface area contributed by atoms with Gasteiger partial charge in [0.1, 0.15) is 11.6 Å². The molecule has 3 aliphatic heterocycles. The SMILES string of the molecule is Cc1cccc(NC(=O)c2ccc(CN3C(=O)[C@@H]4[C@H](C3=O)[C@H]3C=C(c5ccc(C(=O)Nc6cccc(C)n6)cc5)[C@@H]4O3)cc2)n1. The molecule has 4 aromatic rings. The third kappa shape index (κ3) is 5.29. The standard InChI is InChI=1S/C35H29N5O5/c1-19-5-3-7-27(36-19)38-32(41)23-11-9-21(10-12-23)18-40-34(43)29-26-17-25(31(45-26)30(29)35(40)44)22-13-15-24(16-14-22)33(42)39-28-8-4-6-20(2)37-28/h3-17,26,29-31H,18H2,1-2H3,(H,36,38,41)(H,37,39,42)/t26-,29-,30-,31+/m1/s1. The first-order valence-corrected chi connectivity index (χ1v) is 14.7. The third-order valence-corrected chi connectivity index (χ3v) is 8.42. The van der Waals surface area contributed by atoms with Crippen LogP contribution in [0.15, 0.2) is 91.0 Å². The predicted octanol–water partition coefficient (Wildman–Crippen LogP) is 4.56. The molecule has 2 saturated heterocycles. The van der Waals surface area contributed by atoms with E-state index in [4.69, 9.17) is 4.74 Å². The van der Waals surface area contributed by atoms with Crippen LogP contribution in [0.3, 0.4) is 0 Å². The minimum atomic E-state index is -0.607. The van der Waals surface area contributed by atoms with Gasteiger partial charge in [0, 0.05) is 22.5 Å². The second kappa shape index (κ2) is 11.2. The molecule has 0 aliphatic carbocycles. The van der Waals surface area contributed by atoms with Crippen molar-refractivity contribution in [1.82, 2.24) is 14.9 Å². The quantitative estimate of drug-likeness (QED) is 0.298. The number of carbonyl (C=O) groups excluding carboxylic acids is 4. The zero-order valence-corrected chi connectivity index (χ0v) is 24.6. The maximum absolute atomic E-state index is 13.6. The van der Waals surface area contributed by atoms with Crippen molar-refractivity contribution in [2.75, 3.05) is 10.6 Å². The van der Waals surface area contributed by atoms with Crippen LogP contribution in [-0.2, 0) is 20.9 Å². The van der Waals surface area contributed by atoms with Crippen LogP contribution in [0, 0.1) is 25.7 Å². The van der Waals surface area contributed by atoms with Gasteiger partial charge in [-0.1, -0.05) is 36.4 Å². The fourth-order valence-electron chi connectivity index (χ4n) is 6.24. The molecule has 2 fully saturated rings. The number of aryl methyl sites for hydroxylation is 2. The molecule has 45 heavy (non-hydrogen) atoms. The molecule has 10 nitrogen and oxygen atoms in total. The molecule has 2 aromatic heterocycles. The second-order valence-electron chi connectivity index (χ2n) is 11.5. The molecule has 0 saturated carbocycles. The Morgan fingerprint density at radius 3 is 1.82 bits per heavy atom. The van der Waals surface area contributed by atoms with E-state index in [1.807, 2.05) is 56.3 Å². The Morgan fingerprint density at radius 2 is 1.27 bits per heavy atom. The molecule has 3 aliphatic rings. The summed E-state index contributed by atoms with van der Waals surface area (Å²) in [5.74, 6) is -1.33. The van der Waals surface area contributed by atoms with Crippen LogP contribution in [0.5, 0.6) is 0 Å². The van der Waals surface area contributed by atoms with Gasteiger partial charge in [0.15, 0.2) is 0 Å².